The Morgan fingerprint density at radius 2 is 1.70 bits per heavy atom. The van der Waals surface area contributed by atoms with Gasteiger partial charge in [-0.3, -0.25) is 0 Å². The third-order valence-corrected chi connectivity index (χ3v) is 3.59. The predicted molar refractivity (Wildman–Crippen MR) is 83.8 cm³/mol. The Labute approximate surface area is 127 Å². The van der Waals surface area contributed by atoms with Crippen LogP contribution in [0.15, 0.2) is 54.6 Å². The van der Waals surface area contributed by atoms with Gasteiger partial charge in [-0.05, 0) is 43.3 Å². The Morgan fingerprint density at radius 1 is 0.950 bits per heavy atom. The van der Waals surface area contributed by atoms with E-state index >= 15 is 0 Å². The van der Waals surface area contributed by atoms with Gasteiger partial charge in [-0.25, -0.2) is 4.68 Å². The highest BCUT2D eigenvalue weighted by molar-refractivity contribution is 6.36. The normalized spacial score (nSPS) is 10.8. The molecule has 2 aromatic carbocycles. The highest BCUT2D eigenvalue weighted by Crippen LogP contribution is 2.32. The van der Waals surface area contributed by atoms with Crippen LogP contribution in [0.2, 0.25) is 10.0 Å². The van der Waals surface area contributed by atoms with Crippen LogP contribution in [-0.2, 0) is 0 Å². The van der Waals surface area contributed by atoms with E-state index in [2.05, 4.69) is 5.10 Å². The fourth-order valence-electron chi connectivity index (χ4n) is 2.15. The summed E-state index contributed by atoms with van der Waals surface area (Å²) in [5.74, 6) is 0. The van der Waals surface area contributed by atoms with Crippen LogP contribution in [0, 0.1) is 6.92 Å². The zero-order valence-corrected chi connectivity index (χ0v) is 12.4. The standard InChI is InChI=1S/C16H12Cl2N2/c1-11-9-16(14-8-7-12(17)10-15(14)18)20(19-11)13-5-3-2-4-6-13/h2-10H,1H3. The molecule has 0 spiro atoms. The van der Waals surface area contributed by atoms with Crippen molar-refractivity contribution in [2.24, 2.45) is 0 Å². The molecule has 0 aliphatic rings. The molecule has 0 aliphatic carbocycles. The average Bonchev–Trinajstić information content (AvgIpc) is 2.81. The number of rotatable bonds is 2. The molecule has 0 atom stereocenters. The molecule has 3 rings (SSSR count). The smallest absolute Gasteiger partial charge is 0.0758 e. The molecular formula is C16H12Cl2N2. The first-order valence-electron chi connectivity index (χ1n) is 6.22. The zero-order chi connectivity index (χ0) is 14.1. The summed E-state index contributed by atoms with van der Waals surface area (Å²) in [5, 5.41) is 5.79. The van der Waals surface area contributed by atoms with Crippen LogP contribution >= 0.6 is 23.2 Å². The van der Waals surface area contributed by atoms with E-state index in [0.29, 0.717) is 10.0 Å². The predicted octanol–water partition coefficient (Wildman–Crippen LogP) is 5.15. The second-order valence-electron chi connectivity index (χ2n) is 4.54. The number of para-hydroxylation sites is 1. The zero-order valence-electron chi connectivity index (χ0n) is 10.8. The molecule has 20 heavy (non-hydrogen) atoms. The first kappa shape index (κ1) is 13.2. The number of benzene rings is 2. The minimum Gasteiger partial charge on any atom is -0.233 e. The molecule has 0 fully saturated rings. The third-order valence-electron chi connectivity index (χ3n) is 3.04. The first-order valence-corrected chi connectivity index (χ1v) is 6.98. The van der Waals surface area contributed by atoms with Gasteiger partial charge in [0.25, 0.3) is 0 Å². The number of hydrogen-bond acceptors (Lipinski definition) is 1. The Morgan fingerprint density at radius 3 is 2.40 bits per heavy atom. The van der Waals surface area contributed by atoms with Crippen molar-refractivity contribution in [3.05, 3.63) is 70.3 Å². The highest BCUT2D eigenvalue weighted by Gasteiger charge is 2.12. The van der Waals surface area contributed by atoms with E-state index in [1.165, 1.54) is 0 Å². The van der Waals surface area contributed by atoms with Gasteiger partial charge < -0.3 is 0 Å². The number of aryl methyl sites for hydroxylation is 1. The van der Waals surface area contributed by atoms with Gasteiger partial charge in [0.1, 0.15) is 0 Å². The van der Waals surface area contributed by atoms with E-state index < -0.39 is 0 Å². The largest absolute Gasteiger partial charge is 0.233 e. The number of halogens is 2. The minimum atomic E-state index is 0.620. The lowest BCUT2D eigenvalue weighted by atomic mass is 10.1. The van der Waals surface area contributed by atoms with Crippen molar-refractivity contribution < 1.29 is 0 Å². The molecule has 100 valence electrons. The summed E-state index contributed by atoms with van der Waals surface area (Å²) < 4.78 is 1.89. The van der Waals surface area contributed by atoms with Gasteiger partial charge in [0.2, 0.25) is 0 Å². The summed E-state index contributed by atoms with van der Waals surface area (Å²) in [6, 6.07) is 17.5. The average molecular weight is 303 g/mol. The van der Waals surface area contributed by atoms with Gasteiger partial charge in [0, 0.05) is 10.6 Å². The maximum atomic E-state index is 6.31. The molecule has 0 saturated carbocycles. The molecule has 0 bridgehead atoms. The van der Waals surface area contributed by atoms with Crippen molar-refractivity contribution in [1.82, 2.24) is 9.78 Å². The van der Waals surface area contributed by atoms with Gasteiger partial charge in [0.05, 0.1) is 22.1 Å². The molecule has 0 unspecified atom stereocenters. The van der Waals surface area contributed by atoms with E-state index in [1.807, 2.05) is 60.1 Å². The van der Waals surface area contributed by atoms with Crippen LogP contribution in [0.25, 0.3) is 16.9 Å². The molecule has 3 aromatic rings. The van der Waals surface area contributed by atoms with Crippen LogP contribution in [0.4, 0.5) is 0 Å². The monoisotopic (exact) mass is 302 g/mol. The number of aromatic nitrogens is 2. The van der Waals surface area contributed by atoms with E-state index in [4.69, 9.17) is 23.2 Å². The van der Waals surface area contributed by atoms with Gasteiger partial charge in [-0.15, -0.1) is 0 Å². The Kier molecular flexibility index (Phi) is 3.51. The van der Waals surface area contributed by atoms with Crippen molar-refractivity contribution in [3.8, 4) is 16.9 Å². The lowest BCUT2D eigenvalue weighted by molar-refractivity contribution is 0.869. The van der Waals surface area contributed by atoms with Crippen LogP contribution < -0.4 is 0 Å². The highest BCUT2D eigenvalue weighted by atomic mass is 35.5. The van der Waals surface area contributed by atoms with Crippen molar-refractivity contribution in [1.29, 1.82) is 0 Å². The fraction of sp³-hybridized carbons (Fsp3) is 0.0625. The first-order chi connectivity index (χ1) is 9.65. The van der Waals surface area contributed by atoms with Crippen molar-refractivity contribution in [2.75, 3.05) is 0 Å². The number of hydrogen-bond donors (Lipinski definition) is 0. The van der Waals surface area contributed by atoms with Crippen LogP contribution in [0.5, 0.6) is 0 Å². The molecule has 0 saturated heterocycles. The third kappa shape index (κ3) is 2.45. The summed E-state index contributed by atoms with van der Waals surface area (Å²) in [7, 11) is 0. The lowest BCUT2D eigenvalue weighted by Crippen LogP contribution is -1.99. The van der Waals surface area contributed by atoms with Crippen LogP contribution in [-0.4, -0.2) is 9.78 Å². The quantitative estimate of drug-likeness (QED) is 0.640. The van der Waals surface area contributed by atoms with Gasteiger partial charge >= 0.3 is 0 Å². The van der Waals surface area contributed by atoms with Gasteiger partial charge in [0.15, 0.2) is 0 Å². The molecule has 0 radical (unpaired) electrons. The second kappa shape index (κ2) is 5.31. The van der Waals surface area contributed by atoms with Crippen molar-refractivity contribution in [3.63, 3.8) is 0 Å². The Balaban J connectivity index is 2.20. The molecule has 1 aromatic heterocycles. The Hall–Kier alpha value is -1.77. The second-order valence-corrected chi connectivity index (χ2v) is 5.39. The Bertz CT molecular complexity index is 748. The van der Waals surface area contributed by atoms with E-state index in [9.17, 15) is 0 Å². The number of nitrogens with zero attached hydrogens (tertiary/aromatic N) is 2. The molecule has 0 amide bonds. The minimum absolute atomic E-state index is 0.620. The van der Waals surface area contributed by atoms with Crippen molar-refractivity contribution >= 4 is 23.2 Å². The molecule has 1 heterocycles. The summed E-state index contributed by atoms with van der Waals surface area (Å²) in [5.41, 5.74) is 3.81. The van der Waals surface area contributed by atoms with Gasteiger partial charge in [-0.1, -0.05) is 41.4 Å². The molecule has 2 nitrogen and oxygen atoms in total. The topological polar surface area (TPSA) is 17.8 Å². The van der Waals surface area contributed by atoms with Crippen LogP contribution in [0.1, 0.15) is 5.69 Å². The van der Waals surface area contributed by atoms with E-state index in [-0.39, 0.29) is 0 Å². The molecule has 0 aliphatic heterocycles. The van der Waals surface area contributed by atoms with Gasteiger partial charge in [-0.2, -0.15) is 5.10 Å². The van der Waals surface area contributed by atoms with E-state index in [0.717, 1.165) is 22.6 Å². The van der Waals surface area contributed by atoms with Crippen molar-refractivity contribution in [2.45, 2.75) is 6.92 Å². The molecule has 4 heteroatoms. The lowest BCUT2D eigenvalue weighted by Gasteiger charge is -2.09. The molecular weight excluding hydrogens is 291 g/mol. The summed E-state index contributed by atoms with van der Waals surface area (Å²) in [6.07, 6.45) is 0. The summed E-state index contributed by atoms with van der Waals surface area (Å²) in [4.78, 5) is 0. The molecule has 0 N–H and O–H groups in total. The maximum Gasteiger partial charge on any atom is 0.0758 e. The van der Waals surface area contributed by atoms with E-state index in [1.54, 1.807) is 6.07 Å². The SMILES string of the molecule is Cc1cc(-c2ccc(Cl)cc2Cl)n(-c2ccccc2)n1. The van der Waals surface area contributed by atoms with Crippen LogP contribution in [0.3, 0.4) is 0 Å². The fourth-order valence-corrected chi connectivity index (χ4v) is 2.66. The summed E-state index contributed by atoms with van der Waals surface area (Å²) >= 11 is 12.3. The summed E-state index contributed by atoms with van der Waals surface area (Å²) in [6.45, 7) is 1.97. The maximum absolute atomic E-state index is 6.31.